The highest BCUT2D eigenvalue weighted by atomic mass is 28.4. The smallest absolute Gasteiger partial charge is 0.500 e. The van der Waals surface area contributed by atoms with E-state index >= 15 is 0 Å². The van der Waals surface area contributed by atoms with E-state index in [2.05, 4.69) is 0 Å². The first kappa shape index (κ1) is 22.2. The summed E-state index contributed by atoms with van der Waals surface area (Å²) in [6.45, 7) is 7.56. The number of carbonyl (C=O) groups excluding carboxylic acids is 1. The standard InChI is InChI=1S/C17H34N2O5Si/c1-4-22-25(23-5-2,24-6-3)14-8-10-16-13-12-15(19(16)18)9-7-11-17(20)21/h15-16H,4-14H2,1-3H3,(H,20,21)/p-1. The van der Waals surface area contributed by atoms with Crippen LogP contribution < -0.4 is 5.11 Å². The van der Waals surface area contributed by atoms with Gasteiger partial charge in [0.15, 0.2) is 0 Å². The summed E-state index contributed by atoms with van der Waals surface area (Å²) in [6.07, 6.45) is 4.86. The fraction of sp³-hybridized carbons (Fsp3) is 0.941. The lowest BCUT2D eigenvalue weighted by molar-refractivity contribution is -0.600. The van der Waals surface area contributed by atoms with Crippen LogP contribution in [0, 0.1) is 0 Å². The van der Waals surface area contributed by atoms with Crippen molar-refractivity contribution in [3.63, 3.8) is 0 Å². The third kappa shape index (κ3) is 7.51. The van der Waals surface area contributed by atoms with Gasteiger partial charge in [0.1, 0.15) is 12.1 Å². The molecule has 0 aromatic rings. The number of carboxylic acid groups (broad SMARTS) is 1. The SMILES string of the molecule is CCO[Si](CCCC1CCC(CCCC(=O)[O-])[N+]1=[N-])(OCC)OCC. The first-order valence-electron chi connectivity index (χ1n) is 9.56. The minimum Gasteiger partial charge on any atom is -0.550 e. The maximum Gasteiger partial charge on any atom is 0.500 e. The average molecular weight is 374 g/mol. The lowest BCUT2D eigenvalue weighted by atomic mass is 10.1. The second-order valence-corrected chi connectivity index (χ2v) is 9.14. The van der Waals surface area contributed by atoms with Crippen molar-refractivity contribution in [2.45, 2.75) is 83.8 Å². The van der Waals surface area contributed by atoms with Gasteiger partial charge in [-0.05, 0) is 40.0 Å². The summed E-state index contributed by atoms with van der Waals surface area (Å²) < 4.78 is 19.0. The zero-order valence-corrected chi connectivity index (χ0v) is 16.9. The van der Waals surface area contributed by atoms with Gasteiger partial charge in [-0.25, -0.2) is 0 Å². The number of hydrogen-bond acceptors (Lipinski definition) is 5. The van der Waals surface area contributed by atoms with Gasteiger partial charge in [-0.3, -0.25) is 0 Å². The summed E-state index contributed by atoms with van der Waals surface area (Å²) in [4.78, 5) is 10.5. The molecule has 0 aromatic heterocycles. The molecule has 1 aliphatic heterocycles. The van der Waals surface area contributed by atoms with Crippen LogP contribution in [0.25, 0.3) is 5.53 Å². The quantitative estimate of drug-likeness (QED) is 0.344. The van der Waals surface area contributed by atoms with Gasteiger partial charge in [0.05, 0.1) is 0 Å². The van der Waals surface area contributed by atoms with Gasteiger partial charge in [0.25, 0.3) is 0 Å². The van der Waals surface area contributed by atoms with Crippen molar-refractivity contribution in [1.82, 2.24) is 0 Å². The molecule has 0 radical (unpaired) electrons. The van der Waals surface area contributed by atoms with Crippen LogP contribution in [0.5, 0.6) is 0 Å². The largest absolute Gasteiger partial charge is 0.550 e. The number of rotatable bonds is 14. The Morgan fingerprint density at radius 1 is 1.04 bits per heavy atom. The highest BCUT2D eigenvalue weighted by Crippen LogP contribution is 2.28. The van der Waals surface area contributed by atoms with Crippen molar-refractivity contribution in [2.24, 2.45) is 0 Å². The topological polar surface area (TPSA) is 93.1 Å². The molecule has 1 fully saturated rings. The molecule has 0 aliphatic carbocycles. The van der Waals surface area contributed by atoms with E-state index in [1.807, 2.05) is 20.8 Å². The lowest BCUT2D eigenvalue weighted by Gasteiger charge is -2.28. The Kier molecular flexibility index (Phi) is 10.4. The van der Waals surface area contributed by atoms with Crippen LogP contribution in [-0.4, -0.2) is 51.4 Å². The minimum absolute atomic E-state index is 0.0528. The number of carboxylic acids is 1. The van der Waals surface area contributed by atoms with Crippen LogP contribution in [0.4, 0.5) is 0 Å². The van der Waals surface area contributed by atoms with Crippen LogP contribution in [0.2, 0.25) is 6.04 Å². The number of hydrogen-bond donors (Lipinski definition) is 0. The first-order chi connectivity index (χ1) is 12.0. The molecule has 25 heavy (non-hydrogen) atoms. The van der Waals surface area contributed by atoms with E-state index in [1.165, 1.54) is 4.70 Å². The molecule has 8 heteroatoms. The van der Waals surface area contributed by atoms with Gasteiger partial charge in [-0.15, -0.1) is 0 Å². The Labute approximate surface area is 152 Å². The first-order valence-corrected chi connectivity index (χ1v) is 11.5. The molecule has 2 atom stereocenters. The summed E-state index contributed by atoms with van der Waals surface area (Å²) >= 11 is 0. The van der Waals surface area contributed by atoms with E-state index < -0.39 is 14.8 Å². The van der Waals surface area contributed by atoms with Crippen LogP contribution in [-0.2, 0) is 18.1 Å². The van der Waals surface area contributed by atoms with Gasteiger partial charge in [0.2, 0.25) is 0 Å². The predicted octanol–water partition coefficient (Wildman–Crippen LogP) is 2.30. The fourth-order valence-electron chi connectivity index (χ4n) is 3.54. The Bertz CT molecular complexity index is 405. The molecule has 0 saturated carbocycles. The summed E-state index contributed by atoms with van der Waals surface area (Å²) in [7, 11) is -2.61. The van der Waals surface area contributed by atoms with E-state index in [4.69, 9.17) is 13.3 Å². The van der Waals surface area contributed by atoms with Crippen LogP contribution in [0.1, 0.15) is 65.7 Å². The van der Waals surface area contributed by atoms with Crippen molar-refractivity contribution < 1.29 is 27.9 Å². The molecule has 0 bridgehead atoms. The second-order valence-electron chi connectivity index (χ2n) is 6.40. The normalized spacial score (nSPS) is 21.0. The molecule has 1 saturated heterocycles. The van der Waals surface area contributed by atoms with Crippen molar-refractivity contribution in [2.75, 3.05) is 19.8 Å². The third-order valence-corrected chi connectivity index (χ3v) is 7.76. The van der Waals surface area contributed by atoms with E-state index in [-0.39, 0.29) is 18.5 Å². The van der Waals surface area contributed by atoms with Gasteiger partial charge in [-0.1, -0.05) is 0 Å². The van der Waals surface area contributed by atoms with E-state index in [9.17, 15) is 15.4 Å². The lowest BCUT2D eigenvalue weighted by Crippen LogP contribution is -2.46. The van der Waals surface area contributed by atoms with Crippen molar-refractivity contribution in [3.8, 4) is 0 Å². The minimum atomic E-state index is -2.61. The van der Waals surface area contributed by atoms with Crippen molar-refractivity contribution >= 4 is 14.8 Å². The molecule has 146 valence electrons. The Morgan fingerprint density at radius 3 is 1.96 bits per heavy atom. The molecular weight excluding hydrogens is 340 g/mol. The zero-order chi connectivity index (χ0) is 18.7. The molecule has 0 N–H and O–H groups in total. The monoisotopic (exact) mass is 373 g/mol. The number of carbonyl (C=O) groups is 1. The maximum atomic E-state index is 10.5. The molecule has 0 aromatic carbocycles. The summed E-state index contributed by atoms with van der Waals surface area (Å²) in [5.41, 5.74) is 10.3. The molecule has 0 amide bonds. The maximum absolute atomic E-state index is 10.5. The molecule has 1 heterocycles. The Morgan fingerprint density at radius 2 is 1.52 bits per heavy atom. The average Bonchev–Trinajstić information content (AvgIpc) is 2.89. The molecule has 1 aliphatic rings. The van der Waals surface area contributed by atoms with Crippen LogP contribution >= 0.6 is 0 Å². The Balaban J connectivity index is 2.43. The highest BCUT2D eigenvalue weighted by molar-refractivity contribution is 6.60. The summed E-state index contributed by atoms with van der Waals surface area (Å²) in [5.74, 6) is -1.02. The zero-order valence-electron chi connectivity index (χ0n) is 15.9. The van der Waals surface area contributed by atoms with Gasteiger partial charge in [-0.2, -0.15) is 0 Å². The molecule has 2 unspecified atom stereocenters. The van der Waals surface area contributed by atoms with Crippen molar-refractivity contribution in [3.05, 3.63) is 5.53 Å². The van der Waals surface area contributed by atoms with E-state index in [0.717, 1.165) is 31.7 Å². The number of nitrogens with zero attached hydrogens (tertiary/aromatic N) is 2. The predicted molar refractivity (Wildman–Crippen MR) is 94.0 cm³/mol. The van der Waals surface area contributed by atoms with E-state index in [1.54, 1.807) is 0 Å². The van der Waals surface area contributed by atoms with E-state index in [0.29, 0.717) is 32.7 Å². The van der Waals surface area contributed by atoms with Gasteiger partial charge < -0.3 is 33.4 Å². The highest BCUT2D eigenvalue weighted by Gasteiger charge is 2.41. The summed E-state index contributed by atoms with van der Waals surface area (Å²) in [5, 5.41) is 10.5. The van der Waals surface area contributed by atoms with Crippen LogP contribution in [0.15, 0.2) is 0 Å². The van der Waals surface area contributed by atoms with Gasteiger partial charge in [0, 0.05) is 57.5 Å². The molecule has 0 spiro atoms. The molecule has 7 nitrogen and oxygen atoms in total. The van der Waals surface area contributed by atoms with Crippen molar-refractivity contribution in [1.29, 1.82) is 0 Å². The number of aliphatic carboxylic acids is 1. The van der Waals surface area contributed by atoms with Gasteiger partial charge >= 0.3 is 8.80 Å². The molecular formula is C17H33N2O5Si-. The summed E-state index contributed by atoms with van der Waals surface area (Å²) in [6, 6.07) is 0.920. The second kappa shape index (κ2) is 11.7. The van der Waals surface area contributed by atoms with Crippen LogP contribution in [0.3, 0.4) is 0 Å². The fourth-order valence-corrected chi connectivity index (χ4v) is 6.18. The third-order valence-electron chi connectivity index (χ3n) is 4.61. The Hall–Kier alpha value is -0.833. The molecule has 1 rings (SSSR count).